The number of rotatable bonds is 7. The van der Waals surface area contributed by atoms with Gasteiger partial charge in [0.05, 0.1) is 6.54 Å². The van der Waals surface area contributed by atoms with Gasteiger partial charge in [0.25, 0.3) is 0 Å². The first-order valence-electron chi connectivity index (χ1n) is 10.2. The summed E-state index contributed by atoms with van der Waals surface area (Å²) in [4.78, 5) is 20.1. The van der Waals surface area contributed by atoms with E-state index in [9.17, 15) is 9.18 Å². The molecule has 1 amide bonds. The number of nitrogens with zero attached hydrogens (tertiary/aromatic N) is 2. The van der Waals surface area contributed by atoms with Crippen molar-refractivity contribution in [1.82, 2.24) is 14.8 Å². The number of carbonyl (C=O) groups excluding carboxylic acids is 1. The van der Waals surface area contributed by atoms with E-state index >= 15 is 0 Å². The van der Waals surface area contributed by atoms with Crippen LogP contribution in [0, 0.1) is 5.82 Å². The van der Waals surface area contributed by atoms with E-state index in [0.29, 0.717) is 6.54 Å². The van der Waals surface area contributed by atoms with Gasteiger partial charge in [0, 0.05) is 49.0 Å². The van der Waals surface area contributed by atoms with Crippen molar-refractivity contribution < 1.29 is 9.18 Å². The lowest BCUT2D eigenvalue weighted by Gasteiger charge is -2.34. The maximum Gasteiger partial charge on any atom is 0.238 e. The van der Waals surface area contributed by atoms with E-state index in [2.05, 4.69) is 20.1 Å². The van der Waals surface area contributed by atoms with Crippen LogP contribution in [0.1, 0.15) is 12.0 Å². The summed E-state index contributed by atoms with van der Waals surface area (Å²) in [6.45, 7) is 5.21. The highest BCUT2D eigenvalue weighted by Crippen LogP contribution is 2.20. The highest BCUT2D eigenvalue weighted by Gasteiger charge is 2.18. The molecule has 152 valence electrons. The second-order valence-electron chi connectivity index (χ2n) is 7.64. The molecule has 0 bridgehead atoms. The average Bonchev–Trinajstić information content (AvgIpc) is 3.12. The first-order valence-corrected chi connectivity index (χ1v) is 10.2. The van der Waals surface area contributed by atoms with E-state index in [0.717, 1.165) is 62.2 Å². The summed E-state index contributed by atoms with van der Waals surface area (Å²) < 4.78 is 13.5. The molecule has 6 heteroatoms. The highest BCUT2D eigenvalue weighted by atomic mass is 19.1. The Morgan fingerprint density at radius 1 is 1.03 bits per heavy atom. The molecule has 0 aliphatic carbocycles. The molecule has 0 radical (unpaired) electrons. The van der Waals surface area contributed by atoms with E-state index in [1.165, 1.54) is 11.6 Å². The third-order valence-corrected chi connectivity index (χ3v) is 5.54. The zero-order valence-corrected chi connectivity index (χ0v) is 16.5. The topological polar surface area (TPSA) is 51.4 Å². The number of hydrogen-bond acceptors (Lipinski definition) is 3. The quantitative estimate of drug-likeness (QED) is 0.645. The number of fused-ring (bicyclic) bond motifs is 1. The molecule has 2 aromatic carbocycles. The van der Waals surface area contributed by atoms with E-state index in [-0.39, 0.29) is 11.7 Å². The smallest absolute Gasteiger partial charge is 0.238 e. The Kier molecular flexibility index (Phi) is 6.22. The highest BCUT2D eigenvalue weighted by molar-refractivity contribution is 5.92. The van der Waals surface area contributed by atoms with Crippen LogP contribution in [0.4, 0.5) is 10.1 Å². The van der Waals surface area contributed by atoms with Crippen molar-refractivity contribution in [2.45, 2.75) is 12.8 Å². The third-order valence-electron chi connectivity index (χ3n) is 5.54. The van der Waals surface area contributed by atoms with Gasteiger partial charge in [-0.2, -0.15) is 0 Å². The number of anilines is 1. The van der Waals surface area contributed by atoms with Gasteiger partial charge in [-0.05, 0) is 55.3 Å². The summed E-state index contributed by atoms with van der Waals surface area (Å²) in [6, 6.07) is 14.5. The lowest BCUT2D eigenvalue weighted by Crippen LogP contribution is -2.48. The molecule has 3 aromatic rings. The van der Waals surface area contributed by atoms with Crippen LogP contribution >= 0.6 is 0 Å². The van der Waals surface area contributed by atoms with Crippen LogP contribution in [0.3, 0.4) is 0 Å². The molecule has 4 rings (SSSR count). The molecule has 1 fully saturated rings. The van der Waals surface area contributed by atoms with Crippen LogP contribution < -0.4 is 5.32 Å². The van der Waals surface area contributed by atoms with Gasteiger partial charge in [0.2, 0.25) is 5.91 Å². The molecule has 2 heterocycles. The lowest BCUT2D eigenvalue weighted by molar-refractivity contribution is -0.117. The molecule has 2 N–H and O–H groups in total. The monoisotopic (exact) mass is 394 g/mol. The number of piperazine rings is 1. The number of carbonyl (C=O) groups is 1. The Hall–Kier alpha value is -2.70. The lowest BCUT2D eigenvalue weighted by atomic mass is 10.1. The van der Waals surface area contributed by atoms with Gasteiger partial charge in [-0.1, -0.05) is 18.2 Å². The molecule has 1 aromatic heterocycles. The predicted octanol–water partition coefficient (Wildman–Crippen LogP) is 3.50. The van der Waals surface area contributed by atoms with E-state index < -0.39 is 0 Å². The van der Waals surface area contributed by atoms with Crippen molar-refractivity contribution >= 4 is 22.5 Å². The number of nitrogens with one attached hydrogen (secondary N) is 2. The summed E-state index contributed by atoms with van der Waals surface area (Å²) in [7, 11) is 0. The fourth-order valence-electron chi connectivity index (χ4n) is 3.95. The van der Waals surface area contributed by atoms with Gasteiger partial charge < -0.3 is 15.2 Å². The van der Waals surface area contributed by atoms with Gasteiger partial charge >= 0.3 is 0 Å². The fourth-order valence-corrected chi connectivity index (χ4v) is 3.95. The zero-order valence-electron chi connectivity index (χ0n) is 16.5. The normalized spacial score (nSPS) is 15.6. The van der Waals surface area contributed by atoms with Crippen LogP contribution in [-0.4, -0.2) is 60.0 Å². The number of H-pyrrole nitrogens is 1. The standard InChI is InChI=1S/C23H27FN4O/c24-19-8-9-22-21(15-19)18(16-25-22)5-4-10-27-11-13-28(14-12-27)17-23(29)26-20-6-2-1-3-7-20/h1-3,6-9,15-16,25H,4-5,10-14,17H2,(H,26,29). The second-order valence-corrected chi connectivity index (χ2v) is 7.64. The Labute approximate surface area is 170 Å². The molecular weight excluding hydrogens is 367 g/mol. The number of aromatic amines is 1. The molecule has 5 nitrogen and oxygen atoms in total. The van der Waals surface area contributed by atoms with E-state index in [4.69, 9.17) is 0 Å². The summed E-state index contributed by atoms with van der Waals surface area (Å²) in [5, 5.41) is 3.93. The molecular formula is C23H27FN4O. The predicted molar refractivity (Wildman–Crippen MR) is 115 cm³/mol. The van der Waals surface area contributed by atoms with Crippen LogP contribution in [-0.2, 0) is 11.2 Å². The van der Waals surface area contributed by atoms with Crippen molar-refractivity contribution in [3.05, 3.63) is 66.1 Å². The van der Waals surface area contributed by atoms with Crippen molar-refractivity contribution in [2.75, 3.05) is 44.6 Å². The summed E-state index contributed by atoms with van der Waals surface area (Å²) in [5.74, 6) is -0.151. The Balaban J connectivity index is 1.18. The van der Waals surface area contributed by atoms with Crippen LogP contribution in [0.2, 0.25) is 0 Å². The maximum atomic E-state index is 13.5. The second kappa shape index (κ2) is 9.20. The minimum absolute atomic E-state index is 0.0382. The van der Waals surface area contributed by atoms with Crippen LogP contribution in [0.5, 0.6) is 0 Å². The molecule has 0 unspecified atom stereocenters. The number of aryl methyl sites for hydroxylation is 1. The Bertz CT molecular complexity index is 948. The van der Waals surface area contributed by atoms with Crippen molar-refractivity contribution in [3.63, 3.8) is 0 Å². The number of hydrogen-bond donors (Lipinski definition) is 2. The largest absolute Gasteiger partial charge is 0.361 e. The molecule has 0 spiro atoms. The van der Waals surface area contributed by atoms with Crippen molar-refractivity contribution in [3.8, 4) is 0 Å². The summed E-state index contributed by atoms with van der Waals surface area (Å²) in [6.07, 6.45) is 3.97. The first-order chi connectivity index (χ1) is 14.2. The Morgan fingerprint density at radius 3 is 2.59 bits per heavy atom. The first kappa shape index (κ1) is 19.6. The number of benzene rings is 2. The molecule has 1 saturated heterocycles. The van der Waals surface area contributed by atoms with Crippen molar-refractivity contribution in [2.24, 2.45) is 0 Å². The van der Waals surface area contributed by atoms with Crippen LogP contribution in [0.25, 0.3) is 10.9 Å². The molecule has 0 saturated carbocycles. The number of amides is 1. The minimum Gasteiger partial charge on any atom is -0.361 e. The summed E-state index contributed by atoms with van der Waals surface area (Å²) in [5.41, 5.74) is 3.01. The average molecular weight is 394 g/mol. The summed E-state index contributed by atoms with van der Waals surface area (Å²) >= 11 is 0. The van der Waals surface area contributed by atoms with Gasteiger partial charge in [0.1, 0.15) is 5.82 Å². The minimum atomic E-state index is -0.189. The maximum absolute atomic E-state index is 13.5. The molecule has 1 aliphatic rings. The van der Waals surface area contributed by atoms with E-state index in [1.54, 1.807) is 12.1 Å². The van der Waals surface area contributed by atoms with E-state index in [1.807, 2.05) is 36.5 Å². The SMILES string of the molecule is O=C(CN1CCN(CCCc2c[nH]c3ccc(F)cc23)CC1)Nc1ccccc1. The van der Waals surface area contributed by atoms with Gasteiger partial charge in [-0.25, -0.2) is 4.39 Å². The van der Waals surface area contributed by atoms with Crippen molar-refractivity contribution in [1.29, 1.82) is 0 Å². The number of halogens is 1. The van der Waals surface area contributed by atoms with Gasteiger partial charge in [0.15, 0.2) is 0 Å². The third kappa shape index (κ3) is 5.22. The number of aromatic nitrogens is 1. The fraction of sp³-hybridized carbons (Fsp3) is 0.348. The molecule has 0 atom stereocenters. The number of para-hydroxylation sites is 1. The Morgan fingerprint density at radius 2 is 1.79 bits per heavy atom. The molecule has 29 heavy (non-hydrogen) atoms. The van der Waals surface area contributed by atoms with Gasteiger partial charge in [-0.15, -0.1) is 0 Å². The molecule has 1 aliphatic heterocycles. The zero-order chi connectivity index (χ0) is 20.1. The van der Waals surface area contributed by atoms with Crippen LogP contribution in [0.15, 0.2) is 54.7 Å². The van der Waals surface area contributed by atoms with Gasteiger partial charge in [-0.3, -0.25) is 9.69 Å².